The van der Waals surface area contributed by atoms with Crippen molar-refractivity contribution in [2.75, 3.05) is 21.3 Å². The van der Waals surface area contributed by atoms with Crippen molar-refractivity contribution in [3.05, 3.63) is 76.4 Å². The first-order valence-electron chi connectivity index (χ1n) is 10.2. The number of hydrogen-bond acceptors (Lipinski definition) is 7. The van der Waals surface area contributed by atoms with E-state index in [1.54, 1.807) is 12.1 Å². The molecule has 0 radical (unpaired) electrons. The molecular formula is C25H24N2O5. The third-order valence-electron chi connectivity index (χ3n) is 5.98. The Bertz CT molecular complexity index is 1160. The van der Waals surface area contributed by atoms with Crippen LogP contribution in [0.1, 0.15) is 35.8 Å². The van der Waals surface area contributed by atoms with E-state index in [2.05, 4.69) is 6.07 Å². The van der Waals surface area contributed by atoms with Gasteiger partial charge in [-0.25, -0.2) is 0 Å². The van der Waals surface area contributed by atoms with Gasteiger partial charge in [0, 0.05) is 30.0 Å². The minimum Gasteiger partial charge on any atom is -0.496 e. The van der Waals surface area contributed by atoms with Crippen LogP contribution in [0.3, 0.4) is 0 Å². The highest BCUT2D eigenvalue weighted by molar-refractivity contribution is 6.00. The summed E-state index contributed by atoms with van der Waals surface area (Å²) in [5, 5.41) is 9.89. The summed E-state index contributed by atoms with van der Waals surface area (Å²) in [5.41, 5.74) is 8.42. The third kappa shape index (κ3) is 3.54. The highest BCUT2D eigenvalue weighted by Gasteiger charge is 2.42. The second kappa shape index (κ2) is 8.67. The zero-order valence-corrected chi connectivity index (χ0v) is 18.2. The molecule has 2 aromatic rings. The van der Waals surface area contributed by atoms with Gasteiger partial charge in [0.15, 0.2) is 17.3 Å². The van der Waals surface area contributed by atoms with Crippen molar-refractivity contribution < 1.29 is 23.7 Å². The summed E-state index contributed by atoms with van der Waals surface area (Å²) in [5.74, 6) is 1.06. The van der Waals surface area contributed by atoms with Crippen molar-refractivity contribution in [3.8, 4) is 23.3 Å². The topological polar surface area (TPSA) is 104 Å². The number of nitrogens with two attached hydrogens (primary N) is 1. The first kappa shape index (κ1) is 21.3. The summed E-state index contributed by atoms with van der Waals surface area (Å²) in [4.78, 5) is 13.4. The first-order chi connectivity index (χ1) is 15.5. The lowest BCUT2D eigenvalue weighted by Gasteiger charge is -2.34. The number of carbonyl (C=O) groups excluding carboxylic acids is 1. The van der Waals surface area contributed by atoms with Gasteiger partial charge in [-0.3, -0.25) is 4.79 Å². The van der Waals surface area contributed by atoms with Crippen molar-refractivity contribution in [2.45, 2.75) is 24.7 Å². The van der Waals surface area contributed by atoms with Crippen LogP contribution >= 0.6 is 0 Å². The van der Waals surface area contributed by atoms with Gasteiger partial charge in [0.25, 0.3) is 0 Å². The van der Waals surface area contributed by atoms with Gasteiger partial charge in [-0.15, -0.1) is 0 Å². The fourth-order valence-corrected chi connectivity index (χ4v) is 4.46. The molecule has 2 atom stereocenters. The Morgan fingerprint density at radius 1 is 1.00 bits per heavy atom. The van der Waals surface area contributed by atoms with Gasteiger partial charge in [0.05, 0.1) is 27.2 Å². The average Bonchev–Trinajstić information content (AvgIpc) is 2.82. The molecule has 32 heavy (non-hydrogen) atoms. The SMILES string of the molecule is COc1cc(OC)c(C2C(C#N)=C(N)OC3=C2C(=O)CC(c2ccccc2)C3)cc1OC. The summed E-state index contributed by atoms with van der Waals surface area (Å²) in [6.45, 7) is 0. The molecule has 0 saturated carbocycles. The summed E-state index contributed by atoms with van der Waals surface area (Å²) in [6.07, 6.45) is 0.827. The number of allylic oxidation sites excluding steroid dienone is 3. The highest BCUT2D eigenvalue weighted by Crippen LogP contribution is 2.50. The van der Waals surface area contributed by atoms with Crippen LogP contribution in [0.25, 0.3) is 0 Å². The number of ether oxygens (including phenoxy) is 4. The van der Waals surface area contributed by atoms with Crippen LogP contribution in [0.2, 0.25) is 0 Å². The fourth-order valence-electron chi connectivity index (χ4n) is 4.46. The zero-order chi connectivity index (χ0) is 22.8. The summed E-state index contributed by atoms with van der Waals surface area (Å²) in [7, 11) is 4.57. The maximum absolute atomic E-state index is 13.4. The molecule has 1 aliphatic heterocycles. The fraction of sp³-hybridized carbons (Fsp3) is 0.280. The molecule has 4 rings (SSSR count). The van der Waals surface area contributed by atoms with Crippen molar-refractivity contribution in [1.29, 1.82) is 5.26 Å². The Morgan fingerprint density at radius 3 is 2.28 bits per heavy atom. The maximum Gasteiger partial charge on any atom is 0.205 e. The smallest absolute Gasteiger partial charge is 0.205 e. The second-order valence-electron chi connectivity index (χ2n) is 7.65. The molecule has 7 heteroatoms. The quantitative estimate of drug-likeness (QED) is 0.764. The standard InChI is InChI=1S/C25H24N2O5/c1-29-19-12-21(31-3)20(30-2)11-16(19)23-17(13-26)25(27)32-22-10-15(9-18(28)24(22)23)14-7-5-4-6-8-14/h4-8,11-12,15,23H,9-10,27H2,1-3H3. The molecule has 0 spiro atoms. The molecule has 1 heterocycles. The number of nitrogens with zero attached hydrogens (tertiary/aromatic N) is 1. The largest absolute Gasteiger partial charge is 0.496 e. The van der Waals surface area contributed by atoms with Crippen molar-refractivity contribution in [1.82, 2.24) is 0 Å². The third-order valence-corrected chi connectivity index (χ3v) is 5.98. The zero-order valence-electron chi connectivity index (χ0n) is 18.2. The van der Waals surface area contributed by atoms with E-state index in [0.717, 1.165) is 5.56 Å². The molecule has 2 N–H and O–H groups in total. The predicted molar refractivity (Wildman–Crippen MR) is 117 cm³/mol. The predicted octanol–water partition coefficient (Wildman–Crippen LogP) is 3.92. The van der Waals surface area contributed by atoms with Crippen LogP contribution in [0.4, 0.5) is 0 Å². The van der Waals surface area contributed by atoms with Gasteiger partial charge < -0.3 is 24.7 Å². The van der Waals surface area contributed by atoms with E-state index in [1.807, 2.05) is 30.3 Å². The molecule has 2 unspecified atom stereocenters. The number of nitriles is 1. The van der Waals surface area contributed by atoms with E-state index in [0.29, 0.717) is 47.0 Å². The van der Waals surface area contributed by atoms with Crippen LogP contribution in [-0.2, 0) is 9.53 Å². The monoisotopic (exact) mass is 432 g/mol. The van der Waals surface area contributed by atoms with E-state index in [9.17, 15) is 10.1 Å². The number of rotatable bonds is 5. The number of ketones is 1. The van der Waals surface area contributed by atoms with Gasteiger partial charge in [0.2, 0.25) is 5.88 Å². The van der Waals surface area contributed by atoms with Crippen LogP contribution in [-0.4, -0.2) is 27.1 Å². The average molecular weight is 432 g/mol. The van der Waals surface area contributed by atoms with Crippen LogP contribution < -0.4 is 19.9 Å². The summed E-state index contributed by atoms with van der Waals surface area (Å²) < 4.78 is 22.3. The number of Topliss-reactive ketones (excluding diaryl/α,β-unsaturated/α-hetero) is 1. The van der Waals surface area contributed by atoms with Crippen LogP contribution in [0.5, 0.6) is 17.2 Å². The number of methoxy groups -OCH3 is 3. The van der Waals surface area contributed by atoms with Crippen molar-refractivity contribution in [3.63, 3.8) is 0 Å². The van der Waals surface area contributed by atoms with E-state index in [4.69, 9.17) is 24.7 Å². The molecule has 2 aromatic carbocycles. The van der Waals surface area contributed by atoms with E-state index < -0.39 is 5.92 Å². The van der Waals surface area contributed by atoms with Gasteiger partial charge >= 0.3 is 0 Å². The number of hydrogen-bond donors (Lipinski definition) is 1. The Kier molecular flexibility index (Phi) is 5.78. The second-order valence-corrected chi connectivity index (χ2v) is 7.65. The van der Waals surface area contributed by atoms with E-state index in [1.165, 1.54) is 21.3 Å². The van der Waals surface area contributed by atoms with E-state index in [-0.39, 0.29) is 23.2 Å². The van der Waals surface area contributed by atoms with Gasteiger partial charge in [-0.2, -0.15) is 5.26 Å². The minimum atomic E-state index is -0.720. The van der Waals surface area contributed by atoms with Gasteiger partial charge in [-0.1, -0.05) is 30.3 Å². The van der Waals surface area contributed by atoms with Gasteiger partial charge in [-0.05, 0) is 17.5 Å². The molecule has 0 saturated heterocycles. The Hall–Kier alpha value is -3.92. The normalized spacial score (nSPS) is 20.2. The highest BCUT2D eigenvalue weighted by atomic mass is 16.5. The molecule has 164 valence electrons. The molecule has 1 aliphatic carbocycles. The maximum atomic E-state index is 13.4. The molecular weight excluding hydrogens is 408 g/mol. The van der Waals surface area contributed by atoms with Crippen LogP contribution in [0, 0.1) is 11.3 Å². The summed E-state index contributed by atoms with van der Waals surface area (Å²) >= 11 is 0. The number of benzene rings is 2. The lowest BCUT2D eigenvalue weighted by atomic mass is 9.73. The van der Waals surface area contributed by atoms with Crippen LogP contribution in [0.15, 0.2) is 65.3 Å². The molecule has 7 nitrogen and oxygen atoms in total. The molecule has 0 fully saturated rings. The lowest BCUT2D eigenvalue weighted by molar-refractivity contribution is -0.117. The van der Waals surface area contributed by atoms with Crippen molar-refractivity contribution >= 4 is 5.78 Å². The Balaban J connectivity index is 1.87. The Labute approximate surface area is 186 Å². The minimum absolute atomic E-state index is 0.00500. The first-order valence-corrected chi connectivity index (χ1v) is 10.2. The molecule has 0 bridgehead atoms. The van der Waals surface area contributed by atoms with E-state index >= 15 is 0 Å². The molecule has 2 aliphatic rings. The lowest BCUT2D eigenvalue weighted by Crippen LogP contribution is -2.30. The molecule has 0 aromatic heterocycles. The van der Waals surface area contributed by atoms with Gasteiger partial charge in [0.1, 0.15) is 23.2 Å². The Morgan fingerprint density at radius 2 is 1.66 bits per heavy atom. The number of carbonyl (C=O) groups is 1. The summed E-state index contributed by atoms with van der Waals surface area (Å²) in [6, 6.07) is 15.4. The molecule has 0 amide bonds. The van der Waals surface area contributed by atoms with Crippen molar-refractivity contribution in [2.24, 2.45) is 5.73 Å².